The summed E-state index contributed by atoms with van der Waals surface area (Å²) in [5, 5.41) is 0. The molecule has 1 unspecified atom stereocenters. The van der Waals surface area contributed by atoms with Crippen LogP contribution < -0.4 is 10.6 Å². The van der Waals surface area contributed by atoms with Crippen LogP contribution in [0.4, 0.5) is 5.82 Å². The molecule has 1 aliphatic heterocycles. The predicted molar refractivity (Wildman–Crippen MR) is 81.3 cm³/mol. The van der Waals surface area contributed by atoms with E-state index in [-0.39, 0.29) is 0 Å². The summed E-state index contributed by atoms with van der Waals surface area (Å²) >= 11 is 0. The number of hydrogen-bond acceptors (Lipinski definition) is 3. The standard InChI is InChI=1S/C16H27N3/c1-12(2)14-5-4-9-19(10-8-14)16-7-6-15(11-17)13(3)18-16/h6-7,12,14H,4-5,8-11,17H2,1-3H3. The number of hydrogen-bond donors (Lipinski definition) is 1. The van der Waals surface area contributed by atoms with Crippen molar-refractivity contribution in [2.75, 3.05) is 18.0 Å². The van der Waals surface area contributed by atoms with Gasteiger partial charge in [-0.15, -0.1) is 0 Å². The van der Waals surface area contributed by atoms with Crippen LogP contribution >= 0.6 is 0 Å². The van der Waals surface area contributed by atoms with Crippen LogP contribution in [0.3, 0.4) is 0 Å². The van der Waals surface area contributed by atoms with Crippen LogP contribution in [0.1, 0.15) is 44.4 Å². The van der Waals surface area contributed by atoms with Crippen molar-refractivity contribution in [1.29, 1.82) is 0 Å². The predicted octanol–water partition coefficient (Wildman–Crippen LogP) is 3.11. The molecule has 0 aromatic carbocycles. The Hall–Kier alpha value is -1.09. The molecule has 2 heterocycles. The number of nitrogens with two attached hydrogens (primary N) is 1. The smallest absolute Gasteiger partial charge is 0.128 e. The van der Waals surface area contributed by atoms with E-state index in [1.165, 1.54) is 19.3 Å². The van der Waals surface area contributed by atoms with Crippen molar-refractivity contribution in [3.8, 4) is 0 Å². The minimum absolute atomic E-state index is 0.578. The molecule has 1 aromatic heterocycles. The topological polar surface area (TPSA) is 42.2 Å². The average molecular weight is 261 g/mol. The van der Waals surface area contributed by atoms with Crippen LogP contribution in [0.15, 0.2) is 12.1 Å². The third-order valence-electron chi connectivity index (χ3n) is 4.44. The molecule has 1 aliphatic rings. The van der Waals surface area contributed by atoms with Crippen molar-refractivity contribution in [2.24, 2.45) is 17.6 Å². The monoisotopic (exact) mass is 261 g/mol. The van der Waals surface area contributed by atoms with Gasteiger partial charge < -0.3 is 10.6 Å². The molecule has 106 valence electrons. The summed E-state index contributed by atoms with van der Waals surface area (Å²) in [6, 6.07) is 4.26. The molecule has 0 bridgehead atoms. The van der Waals surface area contributed by atoms with E-state index >= 15 is 0 Å². The minimum Gasteiger partial charge on any atom is -0.357 e. The Morgan fingerprint density at radius 3 is 2.74 bits per heavy atom. The molecule has 1 saturated heterocycles. The maximum Gasteiger partial charge on any atom is 0.128 e. The van der Waals surface area contributed by atoms with E-state index < -0.39 is 0 Å². The molecular formula is C16H27N3. The highest BCUT2D eigenvalue weighted by Crippen LogP contribution is 2.26. The van der Waals surface area contributed by atoms with Crippen LogP contribution in [0.25, 0.3) is 0 Å². The quantitative estimate of drug-likeness (QED) is 0.909. The van der Waals surface area contributed by atoms with Gasteiger partial charge in [0.05, 0.1) is 0 Å². The molecule has 0 saturated carbocycles. The second-order valence-corrected chi connectivity index (χ2v) is 6.04. The summed E-state index contributed by atoms with van der Waals surface area (Å²) in [6.07, 6.45) is 3.92. The van der Waals surface area contributed by atoms with Crippen molar-refractivity contribution < 1.29 is 0 Å². The molecule has 0 radical (unpaired) electrons. The largest absolute Gasteiger partial charge is 0.357 e. The minimum atomic E-state index is 0.578. The van der Waals surface area contributed by atoms with Gasteiger partial charge in [0.25, 0.3) is 0 Å². The zero-order valence-electron chi connectivity index (χ0n) is 12.5. The number of rotatable bonds is 3. The Kier molecular flexibility index (Phi) is 4.81. The van der Waals surface area contributed by atoms with Gasteiger partial charge in [0.2, 0.25) is 0 Å². The van der Waals surface area contributed by atoms with E-state index in [4.69, 9.17) is 10.7 Å². The first-order valence-electron chi connectivity index (χ1n) is 7.53. The van der Waals surface area contributed by atoms with Gasteiger partial charge in [-0.05, 0) is 49.7 Å². The van der Waals surface area contributed by atoms with Crippen molar-refractivity contribution in [2.45, 2.75) is 46.6 Å². The van der Waals surface area contributed by atoms with E-state index in [2.05, 4.69) is 37.8 Å². The van der Waals surface area contributed by atoms with Crippen LogP contribution in [0.5, 0.6) is 0 Å². The molecule has 19 heavy (non-hydrogen) atoms. The second-order valence-electron chi connectivity index (χ2n) is 6.04. The highest BCUT2D eigenvalue weighted by Gasteiger charge is 2.20. The van der Waals surface area contributed by atoms with Crippen LogP contribution in [0, 0.1) is 18.8 Å². The second kappa shape index (κ2) is 6.38. The van der Waals surface area contributed by atoms with Crippen LogP contribution in [0.2, 0.25) is 0 Å². The molecule has 1 aromatic rings. The molecule has 1 atom stereocenters. The molecule has 2 rings (SSSR count). The zero-order valence-corrected chi connectivity index (χ0v) is 12.5. The number of nitrogens with zero attached hydrogens (tertiary/aromatic N) is 2. The lowest BCUT2D eigenvalue weighted by atomic mass is 9.89. The molecule has 1 fully saturated rings. The molecule has 0 amide bonds. The Balaban J connectivity index is 2.08. The lowest BCUT2D eigenvalue weighted by Gasteiger charge is -2.23. The van der Waals surface area contributed by atoms with Gasteiger partial charge in [-0.25, -0.2) is 4.98 Å². The lowest BCUT2D eigenvalue weighted by molar-refractivity contribution is 0.351. The third-order valence-corrected chi connectivity index (χ3v) is 4.44. The highest BCUT2D eigenvalue weighted by molar-refractivity contribution is 5.41. The van der Waals surface area contributed by atoms with E-state index in [1.54, 1.807) is 0 Å². The number of pyridine rings is 1. The summed E-state index contributed by atoms with van der Waals surface area (Å²) in [6.45, 7) is 9.60. The zero-order chi connectivity index (χ0) is 13.8. The lowest BCUT2D eigenvalue weighted by Crippen LogP contribution is -2.25. The first-order valence-corrected chi connectivity index (χ1v) is 7.53. The van der Waals surface area contributed by atoms with Gasteiger partial charge in [-0.2, -0.15) is 0 Å². The van der Waals surface area contributed by atoms with E-state index in [9.17, 15) is 0 Å². The maximum absolute atomic E-state index is 5.70. The van der Waals surface area contributed by atoms with Crippen LogP contribution in [-0.4, -0.2) is 18.1 Å². The fourth-order valence-corrected chi connectivity index (χ4v) is 2.99. The van der Waals surface area contributed by atoms with Crippen molar-refractivity contribution in [3.63, 3.8) is 0 Å². The number of anilines is 1. The first-order chi connectivity index (χ1) is 9.11. The van der Waals surface area contributed by atoms with Gasteiger partial charge in [-0.3, -0.25) is 0 Å². The van der Waals surface area contributed by atoms with E-state index in [0.29, 0.717) is 6.54 Å². The fourth-order valence-electron chi connectivity index (χ4n) is 2.99. The van der Waals surface area contributed by atoms with E-state index in [1.807, 2.05) is 0 Å². The summed E-state index contributed by atoms with van der Waals surface area (Å²) in [5.41, 5.74) is 7.93. The van der Waals surface area contributed by atoms with Crippen molar-refractivity contribution in [1.82, 2.24) is 4.98 Å². The Morgan fingerprint density at radius 1 is 1.32 bits per heavy atom. The molecule has 2 N–H and O–H groups in total. The summed E-state index contributed by atoms with van der Waals surface area (Å²) < 4.78 is 0. The van der Waals surface area contributed by atoms with Crippen molar-refractivity contribution >= 4 is 5.82 Å². The highest BCUT2D eigenvalue weighted by atomic mass is 15.2. The van der Waals surface area contributed by atoms with Gasteiger partial charge >= 0.3 is 0 Å². The van der Waals surface area contributed by atoms with E-state index in [0.717, 1.165) is 42.0 Å². The molecule has 3 nitrogen and oxygen atoms in total. The number of aromatic nitrogens is 1. The van der Waals surface area contributed by atoms with Crippen LogP contribution in [-0.2, 0) is 6.54 Å². The summed E-state index contributed by atoms with van der Waals surface area (Å²) in [5.74, 6) is 2.79. The maximum atomic E-state index is 5.70. The molecule has 0 spiro atoms. The summed E-state index contributed by atoms with van der Waals surface area (Å²) in [7, 11) is 0. The summed E-state index contributed by atoms with van der Waals surface area (Å²) in [4.78, 5) is 7.17. The van der Waals surface area contributed by atoms with Gasteiger partial charge in [0.15, 0.2) is 0 Å². The van der Waals surface area contributed by atoms with Gasteiger partial charge in [0, 0.05) is 25.3 Å². The van der Waals surface area contributed by atoms with Crippen molar-refractivity contribution in [3.05, 3.63) is 23.4 Å². The first kappa shape index (κ1) is 14.3. The van der Waals surface area contributed by atoms with Gasteiger partial charge in [-0.1, -0.05) is 19.9 Å². The Morgan fingerprint density at radius 2 is 2.11 bits per heavy atom. The fraction of sp³-hybridized carbons (Fsp3) is 0.688. The average Bonchev–Trinajstić information content (AvgIpc) is 2.64. The Bertz CT molecular complexity index is 414. The molecular weight excluding hydrogens is 234 g/mol. The Labute approximate surface area is 117 Å². The third kappa shape index (κ3) is 3.47. The molecule has 3 heteroatoms. The SMILES string of the molecule is Cc1nc(N2CCCC(C(C)C)CC2)ccc1CN. The molecule has 0 aliphatic carbocycles. The number of aryl methyl sites for hydroxylation is 1. The van der Waals surface area contributed by atoms with Gasteiger partial charge in [0.1, 0.15) is 5.82 Å². The normalized spacial score (nSPS) is 20.7.